The number of fused-ring (bicyclic) bond motifs is 3. The van der Waals surface area contributed by atoms with Crippen LogP contribution in [0.2, 0.25) is 0 Å². The molecule has 1 unspecified atom stereocenters. The van der Waals surface area contributed by atoms with Crippen molar-refractivity contribution >= 4 is 22.1 Å². The van der Waals surface area contributed by atoms with Crippen LogP contribution in [0.25, 0.3) is 22.1 Å². The van der Waals surface area contributed by atoms with Crippen LogP contribution in [0.3, 0.4) is 0 Å². The molecule has 0 spiro atoms. The van der Waals surface area contributed by atoms with Crippen molar-refractivity contribution in [1.82, 2.24) is 19.5 Å². The van der Waals surface area contributed by atoms with E-state index in [1.807, 2.05) is 12.3 Å². The average Bonchev–Trinajstić information content (AvgIpc) is 3.26. The van der Waals surface area contributed by atoms with Gasteiger partial charge in [-0.3, -0.25) is 0 Å². The lowest BCUT2D eigenvalue weighted by Crippen LogP contribution is -2.11. The van der Waals surface area contributed by atoms with Crippen LogP contribution in [0.4, 0.5) is 0 Å². The second kappa shape index (κ2) is 5.78. The molecule has 3 aromatic heterocycles. The number of H-pyrrole nitrogens is 1. The number of pyridine rings is 1. The molecule has 3 heterocycles. The second-order valence-electron chi connectivity index (χ2n) is 5.69. The Morgan fingerprint density at radius 3 is 2.82 bits per heavy atom. The fourth-order valence-electron chi connectivity index (χ4n) is 3.44. The van der Waals surface area contributed by atoms with Crippen LogP contribution in [0, 0.1) is 11.8 Å². The molecule has 1 saturated carbocycles. The molecule has 2 N–H and O–H groups in total. The summed E-state index contributed by atoms with van der Waals surface area (Å²) in [6, 6.07) is 2.49. The van der Waals surface area contributed by atoms with E-state index >= 15 is 0 Å². The van der Waals surface area contributed by atoms with Crippen molar-refractivity contribution in [2.75, 3.05) is 0 Å². The molecular weight excluding hydrogens is 278 g/mol. The zero-order valence-corrected chi connectivity index (χ0v) is 12.5. The Kier molecular flexibility index (Phi) is 3.82. The van der Waals surface area contributed by atoms with Gasteiger partial charge in [-0.05, 0) is 25.8 Å². The van der Waals surface area contributed by atoms with Crippen molar-refractivity contribution in [2.24, 2.45) is 0 Å². The van der Waals surface area contributed by atoms with E-state index in [0.717, 1.165) is 27.9 Å². The number of aromatic amines is 1. The third kappa shape index (κ3) is 2.14. The highest BCUT2D eigenvalue weighted by atomic mass is 16.3. The Labute approximate surface area is 128 Å². The molecule has 1 aliphatic rings. The summed E-state index contributed by atoms with van der Waals surface area (Å²) in [6.07, 6.45) is 7.99. The van der Waals surface area contributed by atoms with Gasteiger partial charge >= 0.3 is 0 Å². The number of aliphatic hydroxyl groups excluding tert-OH is 1. The first-order valence-corrected chi connectivity index (χ1v) is 7.53. The van der Waals surface area contributed by atoms with Gasteiger partial charge in [0.05, 0.1) is 11.7 Å². The third-order valence-electron chi connectivity index (χ3n) is 4.33. The highest BCUT2D eigenvalue weighted by Crippen LogP contribution is 2.37. The zero-order valence-electron chi connectivity index (χ0n) is 12.5. The molecule has 0 radical (unpaired) electrons. The van der Waals surface area contributed by atoms with Crippen molar-refractivity contribution in [3.63, 3.8) is 0 Å². The Bertz CT molecular complexity index is 808. The Morgan fingerprint density at radius 2 is 2.14 bits per heavy atom. The summed E-state index contributed by atoms with van der Waals surface area (Å²) in [5.41, 5.74) is 2.87. The number of rotatable bonds is 2. The molecule has 4 rings (SSSR count). The molecule has 1 aliphatic carbocycles. The van der Waals surface area contributed by atoms with Crippen molar-refractivity contribution in [3.8, 4) is 6.57 Å². The Balaban J connectivity index is 0.000000693. The summed E-state index contributed by atoms with van der Waals surface area (Å²) in [4.78, 5) is 12.2. The summed E-state index contributed by atoms with van der Waals surface area (Å²) in [5, 5.41) is 17.7. The normalized spacial score (nSPS) is 16.7. The van der Waals surface area contributed by atoms with E-state index in [4.69, 9.17) is 5.26 Å². The minimum Gasteiger partial charge on any atom is -0.385 e. The molecule has 6 nitrogen and oxygen atoms in total. The molecule has 0 aromatic carbocycles. The number of imidazole rings is 1. The maximum atomic E-state index is 10.1. The zero-order chi connectivity index (χ0) is 15.7. The van der Waals surface area contributed by atoms with E-state index < -0.39 is 6.10 Å². The van der Waals surface area contributed by atoms with E-state index in [2.05, 4.69) is 26.1 Å². The molecule has 114 valence electrons. The average molecular weight is 297 g/mol. The standard InChI is InChI=1S/C15H18N4O.CHN/c1-9(20)15-18-12-8-17-14-11(6-7-16-14)13(12)19(15)10-4-2-3-5-10;1-2/h6-10,20H,2-5H2,1H3,(H,16,17);1H. The summed E-state index contributed by atoms with van der Waals surface area (Å²) in [5.74, 6) is 0.766. The first kappa shape index (κ1) is 14.5. The summed E-state index contributed by atoms with van der Waals surface area (Å²) < 4.78 is 2.25. The number of nitriles is 1. The van der Waals surface area contributed by atoms with E-state index in [1.165, 1.54) is 25.7 Å². The van der Waals surface area contributed by atoms with Crippen LogP contribution in [0.15, 0.2) is 18.5 Å². The largest absolute Gasteiger partial charge is 0.385 e. The predicted octanol–water partition coefficient (Wildman–Crippen LogP) is 3.22. The first-order chi connectivity index (χ1) is 10.8. The maximum Gasteiger partial charge on any atom is 0.139 e. The van der Waals surface area contributed by atoms with E-state index in [0.29, 0.717) is 6.04 Å². The first-order valence-electron chi connectivity index (χ1n) is 7.53. The maximum absolute atomic E-state index is 10.1. The van der Waals surface area contributed by atoms with Crippen LogP contribution in [-0.4, -0.2) is 24.6 Å². The predicted molar refractivity (Wildman–Crippen MR) is 84.2 cm³/mol. The van der Waals surface area contributed by atoms with Gasteiger partial charge in [0.2, 0.25) is 0 Å². The number of aromatic nitrogens is 4. The van der Waals surface area contributed by atoms with Crippen molar-refractivity contribution in [3.05, 3.63) is 24.3 Å². The fraction of sp³-hybridized carbons (Fsp3) is 0.438. The smallest absolute Gasteiger partial charge is 0.139 e. The summed E-state index contributed by atoms with van der Waals surface area (Å²) >= 11 is 0. The van der Waals surface area contributed by atoms with Gasteiger partial charge < -0.3 is 14.7 Å². The van der Waals surface area contributed by atoms with Gasteiger partial charge in [-0.2, -0.15) is 0 Å². The Hall–Kier alpha value is -2.39. The minimum absolute atomic E-state index is 0.449. The lowest BCUT2D eigenvalue weighted by Gasteiger charge is -2.17. The van der Waals surface area contributed by atoms with Gasteiger partial charge in [0, 0.05) is 24.2 Å². The number of nitrogens with one attached hydrogen (secondary N) is 1. The quantitative estimate of drug-likeness (QED) is 0.759. The lowest BCUT2D eigenvalue weighted by molar-refractivity contribution is 0.181. The molecule has 1 atom stereocenters. The fourth-order valence-corrected chi connectivity index (χ4v) is 3.44. The number of aliphatic hydroxyl groups is 1. The monoisotopic (exact) mass is 297 g/mol. The highest BCUT2D eigenvalue weighted by Gasteiger charge is 2.25. The van der Waals surface area contributed by atoms with Gasteiger partial charge in [0.15, 0.2) is 0 Å². The highest BCUT2D eigenvalue weighted by molar-refractivity contribution is 6.01. The molecule has 3 aromatic rings. The van der Waals surface area contributed by atoms with Gasteiger partial charge in [0.1, 0.15) is 23.1 Å². The SMILES string of the molecule is C#N.CC(O)c1nc2cnc3[nH]ccc3c2n1C1CCCC1. The van der Waals surface area contributed by atoms with Crippen LogP contribution in [0.1, 0.15) is 50.6 Å². The number of nitrogens with zero attached hydrogens (tertiary/aromatic N) is 4. The van der Waals surface area contributed by atoms with Crippen molar-refractivity contribution < 1.29 is 5.11 Å². The van der Waals surface area contributed by atoms with Crippen LogP contribution in [-0.2, 0) is 0 Å². The van der Waals surface area contributed by atoms with Crippen molar-refractivity contribution in [2.45, 2.75) is 44.8 Å². The van der Waals surface area contributed by atoms with Gasteiger partial charge in [0.25, 0.3) is 0 Å². The van der Waals surface area contributed by atoms with Gasteiger partial charge in [-0.25, -0.2) is 15.2 Å². The molecule has 0 aliphatic heterocycles. The summed E-state index contributed by atoms with van der Waals surface area (Å²) in [7, 11) is 0. The topological polar surface area (TPSA) is 90.5 Å². The second-order valence-corrected chi connectivity index (χ2v) is 5.69. The molecular formula is C16H19N5O. The van der Waals surface area contributed by atoms with Gasteiger partial charge in [-0.1, -0.05) is 12.8 Å². The van der Waals surface area contributed by atoms with Crippen LogP contribution in [0.5, 0.6) is 0 Å². The molecule has 6 heteroatoms. The molecule has 0 saturated heterocycles. The van der Waals surface area contributed by atoms with Crippen LogP contribution >= 0.6 is 0 Å². The lowest BCUT2D eigenvalue weighted by atomic mass is 10.2. The molecule has 22 heavy (non-hydrogen) atoms. The van der Waals surface area contributed by atoms with Gasteiger partial charge in [-0.15, -0.1) is 0 Å². The Morgan fingerprint density at radius 1 is 1.41 bits per heavy atom. The van der Waals surface area contributed by atoms with Crippen molar-refractivity contribution in [1.29, 1.82) is 5.26 Å². The minimum atomic E-state index is -0.558. The number of hydrogen-bond donors (Lipinski definition) is 2. The summed E-state index contributed by atoms with van der Waals surface area (Å²) in [6.45, 7) is 5.29. The molecule has 0 bridgehead atoms. The van der Waals surface area contributed by atoms with E-state index in [1.54, 1.807) is 13.1 Å². The van der Waals surface area contributed by atoms with Crippen LogP contribution < -0.4 is 0 Å². The number of hydrogen-bond acceptors (Lipinski definition) is 4. The molecule has 1 fully saturated rings. The third-order valence-corrected chi connectivity index (χ3v) is 4.33. The molecule has 0 amide bonds. The van der Waals surface area contributed by atoms with E-state index in [9.17, 15) is 5.11 Å². The van der Waals surface area contributed by atoms with E-state index in [-0.39, 0.29) is 0 Å².